The molecule has 60 heavy (non-hydrogen) atoms. The van der Waals surface area contributed by atoms with E-state index in [2.05, 4.69) is 23.1 Å². The Kier molecular flexibility index (Phi) is 11.2. The lowest BCUT2D eigenvalue weighted by molar-refractivity contribution is -0.205. The number of hydrogen-bond acceptors (Lipinski definition) is 8. The van der Waals surface area contributed by atoms with Crippen molar-refractivity contribution in [2.24, 2.45) is 7.05 Å². The minimum absolute atomic E-state index is 0.0716. The Hall–Kier alpha value is -7.25. The summed E-state index contributed by atoms with van der Waals surface area (Å²) in [6.45, 7) is 4.46. The van der Waals surface area contributed by atoms with E-state index in [1.54, 1.807) is 62.3 Å². The highest BCUT2D eigenvalue weighted by molar-refractivity contribution is 6.04. The van der Waals surface area contributed by atoms with Crippen LogP contribution < -0.4 is 11.1 Å². The van der Waals surface area contributed by atoms with Crippen LogP contribution in [0.4, 0.5) is 11.5 Å². The quantitative estimate of drug-likeness (QED) is 0.132. The van der Waals surface area contributed by atoms with Gasteiger partial charge in [-0.2, -0.15) is 0 Å². The van der Waals surface area contributed by atoms with E-state index in [1.807, 2.05) is 84.4 Å². The number of nitrogens with one attached hydrogen (secondary N) is 1. The minimum atomic E-state index is -0.894. The van der Waals surface area contributed by atoms with Gasteiger partial charge in [-0.15, -0.1) is 6.58 Å². The van der Waals surface area contributed by atoms with Gasteiger partial charge in [0, 0.05) is 62.0 Å². The Balaban J connectivity index is 1.10. The summed E-state index contributed by atoms with van der Waals surface area (Å²) in [5.74, 6) is -0.474. The molecule has 4 amide bonds. The SMILES string of the molecule is C=CCN1CC(=O)N2[C@@H](Cc3ccc(O)cc3)C(=O)N(Cc3cccc4c(-c5ccc(NC(=O)c6ccc(N)nc6)cc5)cn(C)c34)C[C@@H]2N1C(=O)CCc1ccccc1. The molecule has 304 valence electrons. The molecule has 2 saturated heterocycles. The van der Waals surface area contributed by atoms with Gasteiger partial charge in [-0.05, 0) is 65.1 Å². The van der Waals surface area contributed by atoms with Gasteiger partial charge in [-0.3, -0.25) is 19.2 Å². The van der Waals surface area contributed by atoms with Gasteiger partial charge in [-0.25, -0.2) is 15.0 Å². The van der Waals surface area contributed by atoms with Crippen molar-refractivity contribution in [3.8, 4) is 16.9 Å². The predicted octanol–water partition coefficient (Wildman–Crippen LogP) is 5.77. The number of nitrogens with zero attached hydrogens (tertiary/aromatic N) is 6. The molecule has 4 aromatic carbocycles. The van der Waals surface area contributed by atoms with Crippen LogP contribution in [0.5, 0.6) is 5.75 Å². The molecular weight excluding hydrogens is 757 g/mol. The summed E-state index contributed by atoms with van der Waals surface area (Å²) in [6, 6.07) is 32.4. The molecule has 2 atom stereocenters. The second-order valence-corrected chi connectivity index (χ2v) is 15.2. The predicted molar refractivity (Wildman–Crippen MR) is 230 cm³/mol. The zero-order chi connectivity index (χ0) is 41.9. The van der Waals surface area contributed by atoms with Gasteiger partial charge >= 0.3 is 0 Å². The van der Waals surface area contributed by atoms with E-state index in [9.17, 15) is 24.3 Å². The van der Waals surface area contributed by atoms with E-state index in [0.717, 1.165) is 38.7 Å². The van der Waals surface area contributed by atoms with Crippen LogP contribution in [-0.2, 0) is 40.8 Å². The summed E-state index contributed by atoms with van der Waals surface area (Å²) in [6.07, 6.45) is 5.35. The second-order valence-electron chi connectivity index (χ2n) is 15.2. The van der Waals surface area contributed by atoms with Crippen LogP contribution >= 0.6 is 0 Å². The van der Waals surface area contributed by atoms with Gasteiger partial charge in [0.15, 0.2) is 0 Å². The average molecular weight is 803 g/mol. The Bertz CT molecular complexity index is 2560. The van der Waals surface area contributed by atoms with Gasteiger partial charge < -0.3 is 30.5 Å². The van der Waals surface area contributed by atoms with Crippen LogP contribution in [-0.4, -0.2) is 89.9 Å². The van der Waals surface area contributed by atoms with E-state index in [4.69, 9.17) is 5.73 Å². The van der Waals surface area contributed by atoms with Crippen LogP contribution in [0.15, 0.2) is 134 Å². The number of piperazine rings is 1. The van der Waals surface area contributed by atoms with E-state index in [0.29, 0.717) is 23.5 Å². The number of phenolic OH excluding ortho intramolecular Hbond substituents is 1. The monoisotopic (exact) mass is 802 g/mol. The molecule has 0 aliphatic carbocycles. The smallest absolute Gasteiger partial charge is 0.257 e. The summed E-state index contributed by atoms with van der Waals surface area (Å²) < 4.78 is 2.05. The molecule has 13 heteroatoms. The number of aromatic hydroxyl groups is 1. The van der Waals surface area contributed by atoms with Crippen molar-refractivity contribution in [3.05, 3.63) is 156 Å². The maximum atomic E-state index is 14.8. The summed E-state index contributed by atoms with van der Waals surface area (Å²) in [5, 5.41) is 17.3. The average Bonchev–Trinajstić information content (AvgIpc) is 3.59. The summed E-state index contributed by atoms with van der Waals surface area (Å²) in [5.41, 5.74) is 12.3. The van der Waals surface area contributed by atoms with Crippen LogP contribution in [0.2, 0.25) is 0 Å². The molecule has 2 aliphatic heterocycles. The number of carbonyl (C=O) groups excluding carboxylic acids is 4. The van der Waals surface area contributed by atoms with E-state index < -0.39 is 12.2 Å². The maximum absolute atomic E-state index is 14.8. The molecule has 2 fully saturated rings. The number of aryl methyl sites for hydroxylation is 2. The molecule has 0 spiro atoms. The standard InChI is InChI=1S/C47H46N8O5/c1-3-24-53-30-44(58)54-40(25-32-12-20-37(56)21-13-32)47(60)52(29-42(54)55(53)43(57)23-14-31-8-5-4-6-9-31)27-35-10-7-11-38-39(28-51(2)45(35)38)33-15-18-36(19-16-33)50-46(59)34-17-22-41(48)49-26-34/h3-13,15-22,26,28,40,42,56H,1,14,23-25,27,29-30H2,2H3,(H2,48,49)(H,50,59)/t40-,42-/m0/s1. The molecule has 2 aliphatic rings. The fraction of sp³-hybridized carbons (Fsp3) is 0.213. The third kappa shape index (κ3) is 8.07. The Morgan fingerprint density at radius 2 is 1.70 bits per heavy atom. The summed E-state index contributed by atoms with van der Waals surface area (Å²) >= 11 is 0. The van der Waals surface area contributed by atoms with Crippen molar-refractivity contribution in [2.45, 2.75) is 38.0 Å². The van der Waals surface area contributed by atoms with Crippen molar-refractivity contribution in [1.29, 1.82) is 0 Å². The first-order valence-corrected chi connectivity index (χ1v) is 19.9. The van der Waals surface area contributed by atoms with Gasteiger partial charge in [0.05, 0.1) is 24.2 Å². The third-order valence-corrected chi connectivity index (χ3v) is 11.2. The van der Waals surface area contributed by atoms with Crippen LogP contribution in [0.3, 0.4) is 0 Å². The number of aromatic nitrogens is 2. The number of phenols is 1. The molecule has 0 unspecified atom stereocenters. The fourth-order valence-electron chi connectivity index (χ4n) is 8.36. The Morgan fingerprint density at radius 3 is 2.42 bits per heavy atom. The first-order chi connectivity index (χ1) is 29.1. The minimum Gasteiger partial charge on any atom is -0.508 e. The molecule has 8 rings (SSSR count). The molecule has 2 aromatic heterocycles. The van der Waals surface area contributed by atoms with Crippen molar-refractivity contribution in [3.63, 3.8) is 0 Å². The number of hydrazine groups is 1. The van der Waals surface area contributed by atoms with Crippen molar-refractivity contribution < 1.29 is 24.3 Å². The van der Waals surface area contributed by atoms with Crippen molar-refractivity contribution >= 4 is 46.0 Å². The number of rotatable bonds is 12. The number of nitrogen functional groups attached to an aromatic ring is 1. The molecule has 0 saturated carbocycles. The first kappa shape index (κ1) is 39.6. The number of para-hydroxylation sites is 1. The topological polar surface area (TPSA) is 157 Å². The number of fused-ring (bicyclic) bond motifs is 2. The number of anilines is 2. The molecular formula is C47H46N8O5. The molecule has 13 nitrogen and oxygen atoms in total. The molecule has 6 aromatic rings. The Labute approximate surface area is 347 Å². The van der Waals surface area contributed by atoms with Gasteiger partial charge in [-0.1, -0.05) is 78.9 Å². The second kappa shape index (κ2) is 16.9. The number of amides is 4. The molecule has 4 N–H and O–H groups in total. The van der Waals surface area contributed by atoms with E-state index in [-0.39, 0.29) is 68.4 Å². The number of pyridine rings is 1. The summed E-state index contributed by atoms with van der Waals surface area (Å²) in [4.78, 5) is 63.4. The first-order valence-electron chi connectivity index (χ1n) is 19.9. The van der Waals surface area contributed by atoms with Gasteiger partial charge in [0.2, 0.25) is 17.7 Å². The molecule has 4 heterocycles. The molecule has 0 bridgehead atoms. The third-order valence-electron chi connectivity index (χ3n) is 11.2. The highest BCUT2D eigenvalue weighted by Crippen LogP contribution is 2.35. The highest BCUT2D eigenvalue weighted by Gasteiger charge is 2.51. The van der Waals surface area contributed by atoms with Crippen molar-refractivity contribution in [1.82, 2.24) is 29.4 Å². The fourth-order valence-corrected chi connectivity index (χ4v) is 8.36. The highest BCUT2D eigenvalue weighted by atomic mass is 16.3. The number of carbonyl (C=O) groups is 4. The zero-order valence-electron chi connectivity index (χ0n) is 33.3. The lowest BCUT2D eigenvalue weighted by Crippen LogP contribution is -2.75. The number of benzene rings is 4. The maximum Gasteiger partial charge on any atom is 0.257 e. The lowest BCUT2D eigenvalue weighted by atomic mass is 9.97. The van der Waals surface area contributed by atoms with Gasteiger partial charge in [0.25, 0.3) is 5.91 Å². The summed E-state index contributed by atoms with van der Waals surface area (Å²) in [7, 11) is 1.97. The van der Waals surface area contributed by atoms with Crippen LogP contribution in [0.25, 0.3) is 22.0 Å². The van der Waals surface area contributed by atoms with E-state index in [1.165, 1.54) is 6.20 Å². The van der Waals surface area contributed by atoms with E-state index >= 15 is 0 Å². The largest absolute Gasteiger partial charge is 0.508 e. The zero-order valence-corrected chi connectivity index (χ0v) is 33.3. The van der Waals surface area contributed by atoms with Crippen LogP contribution in [0.1, 0.15) is 33.5 Å². The van der Waals surface area contributed by atoms with Crippen LogP contribution in [0, 0.1) is 0 Å². The van der Waals surface area contributed by atoms with Crippen molar-refractivity contribution in [2.75, 3.05) is 30.7 Å². The number of nitrogens with two attached hydrogens (primary N) is 1. The van der Waals surface area contributed by atoms with Gasteiger partial charge in [0.1, 0.15) is 23.8 Å². The molecule has 0 radical (unpaired) electrons. The normalized spacial score (nSPS) is 16.9. The Morgan fingerprint density at radius 1 is 0.933 bits per heavy atom. The lowest BCUT2D eigenvalue weighted by Gasteiger charge is -2.55. The number of hydrogen-bond donors (Lipinski definition) is 3.